The first-order chi connectivity index (χ1) is 17.4. The number of likely N-dealkylation sites (N-methyl/N-ethyl adjacent to an activating group) is 1. The smallest absolute Gasteiger partial charge is 0.276 e. The van der Waals surface area contributed by atoms with Crippen molar-refractivity contribution in [2.75, 3.05) is 33.4 Å². The van der Waals surface area contributed by atoms with E-state index >= 15 is 0 Å². The molecule has 2 heterocycles. The topological polar surface area (TPSA) is 85.7 Å². The predicted molar refractivity (Wildman–Crippen MR) is 134 cm³/mol. The van der Waals surface area contributed by atoms with E-state index in [9.17, 15) is 14.0 Å². The van der Waals surface area contributed by atoms with Crippen molar-refractivity contribution in [3.8, 4) is 11.4 Å². The number of aryl methyl sites for hydroxylation is 1. The van der Waals surface area contributed by atoms with Crippen molar-refractivity contribution in [1.82, 2.24) is 20.0 Å². The molecule has 0 spiro atoms. The molecule has 4 rings (SSSR count). The Labute approximate surface area is 209 Å². The van der Waals surface area contributed by atoms with Crippen molar-refractivity contribution in [3.05, 3.63) is 87.6 Å². The lowest BCUT2D eigenvalue weighted by molar-refractivity contribution is 0.0392. The van der Waals surface area contributed by atoms with Crippen LogP contribution in [-0.2, 0) is 11.3 Å². The quantitative estimate of drug-likeness (QED) is 0.492. The van der Waals surface area contributed by atoms with Gasteiger partial charge in [0, 0.05) is 44.1 Å². The molecule has 1 aliphatic heterocycles. The summed E-state index contributed by atoms with van der Waals surface area (Å²) >= 11 is 0. The fourth-order valence-corrected chi connectivity index (χ4v) is 4.20. The Morgan fingerprint density at radius 3 is 2.75 bits per heavy atom. The minimum Gasteiger partial charge on any atom is -0.492 e. The van der Waals surface area contributed by atoms with Gasteiger partial charge in [0.15, 0.2) is 5.69 Å². The summed E-state index contributed by atoms with van der Waals surface area (Å²) in [6, 6.07) is 15.3. The van der Waals surface area contributed by atoms with Crippen LogP contribution in [0.3, 0.4) is 0 Å². The zero-order valence-corrected chi connectivity index (χ0v) is 20.6. The van der Waals surface area contributed by atoms with Crippen LogP contribution in [0.1, 0.15) is 34.6 Å². The van der Waals surface area contributed by atoms with Crippen LogP contribution < -0.4 is 15.5 Å². The highest BCUT2D eigenvalue weighted by Gasteiger charge is 2.18. The summed E-state index contributed by atoms with van der Waals surface area (Å²) in [4.78, 5) is 27.5. The van der Waals surface area contributed by atoms with Crippen LogP contribution in [0.5, 0.6) is 5.75 Å². The Balaban J connectivity index is 1.36. The monoisotopic (exact) mass is 494 g/mol. The largest absolute Gasteiger partial charge is 0.492 e. The van der Waals surface area contributed by atoms with Gasteiger partial charge in [0.2, 0.25) is 5.43 Å². The van der Waals surface area contributed by atoms with Gasteiger partial charge in [-0.3, -0.25) is 14.5 Å². The summed E-state index contributed by atoms with van der Waals surface area (Å²) in [7, 11) is 2.10. The number of aromatic nitrogens is 2. The van der Waals surface area contributed by atoms with E-state index in [0.29, 0.717) is 24.1 Å². The molecule has 2 aromatic carbocycles. The van der Waals surface area contributed by atoms with Crippen LogP contribution in [-0.4, -0.2) is 60.0 Å². The Kier molecular flexibility index (Phi) is 8.45. The van der Waals surface area contributed by atoms with Crippen LogP contribution >= 0.6 is 0 Å². The molecule has 0 atom stereocenters. The summed E-state index contributed by atoms with van der Waals surface area (Å²) < 4.78 is 26.9. The van der Waals surface area contributed by atoms with E-state index in [-0.39, 0.29) is 17.9 Å². The number of hydrogen-bond acceptors (Lipinski definition) is 6. The maximum Gasteiger partial charge on any atom is 0.276 e. The summed E-state index contributed by atoms with van der Waals surface area (Å²) in [6.45, 7) is 4.78. The van der Waals surface area contributed by atoms with Crippen molar-refractivity contribution in [1.29, 1.82) is 0 Å². The molecule has 1 fully saturated rings. The van der Waals surface area contributed by atoms with Crippen LogP contribution in [0.4, 0.5) is 4.39 Å². The first-order valence-electron chi connectivity index (χ1n) is 12.1. The van der Waals surface area contributed by atoms with E-state index in [0.717, 1.165) is 38.2 Å². The molecule has 1 aliphatic rings. The number of halogens is 1. The van der Waals surface area contributed by atoms with E-state index in [2.05, 4.69) is 22.4 Å². The number of benzene rings is 2. The lowest BCUT2D eigenvalue weighted by Gasteiger charge is -2.31. The molecule has 0 aliphatic carbocycles. The molecule has 190 valence electrons. The van der Waals surface area contributed by atoms with E-state index in [4.69, 9.17) is 9.47 Å². The minimum atomic E-state index is -0.630. The molecule has 1 N–H and O–H groups in total. The molecule has 36 heavy (non-hydrogen) atoms. The normalized spacial score (nSPS) is 14.1. The average Bonchev–Trinajstić information content (AvgIpc) is 2.89. The molecule has 0 radical (unpaired) electrons. The highest BCUT2D eigenvalue weighted by Crippen LogP contribution is 2.16. The van der Waals surface area contributed by atoms with E-state index in [1.807, 2.05) is 24.3 Å². The third-order valence-corrected chi connectivity index (χ3v) is 6.28. The second kappa shape index (κ2) is 11.9. The fourth-order valence-electron chi connectivity index (χ4n) is 4.20. The maximum absolute atomic E-state index is 14.3. The van der Waals surface area contributed by atoms with Crippen molar-refractivity contribution in [3.63, 3.8) is 0 Å². The van der Waals surface area contributed by atoms with Gasteiger partial charge in [-0.2, -0.15) is 5.10 Å². The van der Waals surface area contributed by atoms with Gasteiger partial charge in [-0.15, -0.1) is 0 Å². The summed E-state index contributed by atoms with van der Waals surface area (Å²) in [5.74, 6) is -0.425. The third kappa shape index (κ3) is 6.35. The van der Waals surface area contributed by atoms with E-state index < -0.39 is 17.2 Å². The number of nitrogens with zero attached hydrogens (tertiary/aromatic N) is 3. The number of ether oxygens (including phenoxy) is 2. The second-order valence-electron chi connectivity index (χ2n) is 8.86. The van der Waals surface area contributed by atoms with Gasteiger partial charge in [0.1, 0.15) is 23.9 Å². The number of amides is 1. The summed E-state index contributed by atoms with van der Waals surface area (Å²) in [5, 5.41) is 6.87. The number of carbonyl (C=O) groups excluding carboxylic acids is 1. The Hall–Kier alpha value is -3.56. The molecule has 0 bridgehead atoms. The zero-order valence-electron chi connectivity index (χ0n) is 20.6. The Morgan fingerprint density at radius 1 is 1.19 bits per heavy atom. The zero-order chi connectivity index (χ0) is 25.5. The minimum absolute atomic E-state index is 0.163. The number of para-hydroxylation sites is 1. The van der Waals surface area contributed by atoms with Gasteiger partial charge in [-0.1, -0.05) is 24.3 Å². The molecule has 1 amide bonds. The molecular formula is C27H31FN4O4. The molecule has 1 aromatic heterocycles. The van der Waals surface area contributed by atoms with Gasteiger partial charge in [-0.25, -0.2) is 9.07 Å². The molecule has 1 saturated heterocycles. The van der Waals surface area contributed by atoms with Crippen LogP contribution in [0.2, 0.25) is 0 Å². The fraction of sp³-hybridized carbons (Fsp3) is 0.370. The van der Waals surface area contributed by atoms with Crippen LogP contribution in [0.25, 0.3) is 5.69 Å². The number of hydrogen-bond donors (Lipinski definition) is 1. The van der Waals surface area contributed by atoms with Crippen molar-refractivity contribution < 1.29 is 18.7 Å². The SMILES string of the molecule is Cc1cc(=O)c(C(=O)NCc2cccc(OCCN(C)C3CCOCC3)c2)nn1-c1ccccc1F. The third-order valence-electron chi connectivity index (χ3n) is 6.28. The standard InChI is InChI=1S/C27H31FN4O4/c1-19-16-25(33)26(30-32(19)24-9-4-3-8-23(24)28)27(34)29-18-20-6-5-7-22(17-20)36-15-12-31(2)21-10-13-35-14-11-21/h3-9,16-17,21H,10-15,18H2,1-2H3,(H,29,34). The highest BCUT2D eigenvalue weighted by atomic mass is 19.1. The van der Waals surface area contributed by atoms with Crippen LogP contribution in [0.15, 0.2) is 59.4 Å². The average molecular weight is 495 g/mol. The van der Waals surface area contributed by atoms with Crippen LogP contribution in [0, 0.1) is 12.7 Å². The highest BCUT2D eigenvalue weighted by molar-refractivity contribution is 5.92. The Bertz CT molecular complexity index is 1260. The van der Waals surface area contributed by atoms with Crippen molar-refractivity contribution in [2.45, 2.75) is 32.4 Å². The van der Waals surface area contributed by atoms with E-state index in [1.54, 1.807) is 19.1 Å². The van der Waals surface area contributed by atoms with Crippen molar-refractivity contribution in [2.24, 2.45) is 0 Å². The van der Waals surface area contributed by atoms with Gasteiger partial charge in [-0.05, 0) is 56.6 Å². The molecule has 0 unspecified atom stereocenters. The lowest BCUT2D eigenvalue weighted by Crippen LogP contribution is -2.38. The molecular weight excluding hydrogens is 463 g/mol. The summed E-state index contributed by atoms with van der Waals surface area (Å²) in [5.41, 5.74) is 0.584. The van der Waals surface area contributed by atoms with E-state index in [1.165, 1.54) is 22.9 Å². The lowest BCUT2D eigenvalue weighted by atomic mass is 10.1. The first kappa shape index (κ1) is 25.5. The van der Waals surface area contributed by atoms with Gasteiger partial charge in [0.25, 0.3) is 5.91 Å². The van der Waals surface area contributed by atoms with Gasteiger partial charge in [0.05, 0.1) is 0 Å². The molecule has 0 saturated carbocycles. The molecule has 8 nitrogen and oxygen atoms in total. The predicted octanol–water partition coefficient (Wildman–Crippen LogP) is 3.10. The number of rotatable bonds is 9. The number of carbonyl (C=O) groups is 1. The first-order valence-corrected chi connectivity index (χ1v) is 12.1. The molecule has 3 aromatic rings. The maximum atomic E-state index is 14.3. The van der Waals surface area contributed by atoms with Gasteiger partial charge >= 0.3 is 0 Å². The Morgan fingerprint density at radius 2 is 1.97 bits per heavy atom. The van der Waals surface area contributed by atoms with Gasteiger partial charge < -0.3 is 14.8 Å². The second-order valence-corrected chi connectivity index (χ2v) is 8.86. The number of nitrogens with one attached hydrogen (secondary N) is 1. The molecule has 9 heteroatoms. The summed E-state index contributed by atoms with van der Waals surface area (Å²) in [6.07, 6.45) is 2.07. The van der Waals surface area contributed by atoms with Crippen molar-refractivity contribution >= 4 is 5.91 Å².